The number of aromatic amines is 1. The van der Waals surface area contributed by atoms with E-state index in [0.29, 0.717) is 0 Å². The first-order chi connectivity index (χ1) is 6.19. The van der Waals surface area contributed by atoms with Gasteiger partial charge in [0, 0.05) is 5.69 Å². The van der Waals surface area contributed by atoms with Gasteiger partial charge in [-0.3, -0.25) is 4.79 Å². The molecule has 4 nitrogen and oxygen atoms in total. The molecular formula is C9H12N2O2. The molecular weight excluding hydrogens is 168 g/mol. The summed E-state index contributed by atoms with van der Waals surface area (Å²) in [5.41, 5.74) is 1.36. The molecule has 70 valence electrons. The van der Waals surface area contributed by atoms with Gasteiger partial charge in [0.15, 0.2) is 5.69 Å². The number of pyridine rings is 1. The smallest absolute Gasteiger partial charge is 0.277 e. The zero-order chi connectivity index (χ0) is 9.84. The summed E-state index contributed by atoms with van der Waals surface area (Å²) in [6.45, 7) is 3.89. The third kappa shape index (κ3) is 2.02. The van der Waals surface area contributed by atoms with Crippen LogP contribution in [-0.4, -0.2) is 4.98 Å². The van der Waals surface area contributed by atoms with E-state index >= 15 is 0 Å². The van der Waals surface area contributed by atoms with E-state index in [1.54, 1.807) is 0 Å². The Kier molecular flexibility index (Phi) is 2.95. The molecule has 0 amide bonds. The normalized spacial score (nSPS) is 10.0. The fourth-order valence-corrected chi connectivity index (χ4v) is 1.23. The third-order valence-electron chi connectivity index (χ3n) is 1.92. The molecule has 0 aromatic carbocycles. The molecule has 0 unspecified atom stereocenters. The highest BCUT2D eigenvalue weighted by Gasteiger charge is 2.04. The fraction of sp³-hybridized carbons (Fsp3) is 0.444. The zero-order valence-corrected chi connectivity index (χ0v) is 7.76. The average molecular weight is 180 g/mol. The second-order valence-electron chi connectivity index (χ2n) is 2.99. The molecule has 0 atom stereocenters. The van der Waals surface area contributed by atoms with E-state index in [1.165, 1.54) is 6.07 Å². The second kappa shape index (κ2) is 3.98. The molecule has 0 spiro atoms. The predicted octanol–water partition coefficient (Wildman–Crippen LogP) is 2.03. The molecule has 0 aliphatic carbocycles. The summed E-state index contributed by atoms with van der Waals surface area (Å²) in [7, 11) is 0. The Morgan fingerprint density at radius 2 is 2.23 bits per heavy atom. The van der Waals surface area contributed by atoms with E-state index < -0.39 is 5.56 Å². The van der Waals surface area contributed by atoms with Gasteiger partial charge in [0.05, 0.1) is 0 Å². The number of hydrogen-bond acceptors (Lipinski definition) is 3. The van der Waals surface area contributed by atoms with Gasteiger partial charge in [-0.2, -0.15) is 0 Å². The molecule has 1 aromatic rings. The zero-order valence-electron chi connectivity index (χ0n) is 7.76. The van der Waals surface area contributed by atoms with Gasteiger partial charge in [-0.1, -0.05) is 13.3 Å². The molecule has 4 heteroatoms. The number of nitrogens with one attached hydrogen (secondary N) is 1. The minimum absolute atomic E-state index is 0.0441. The van der Waals surface area contributed by atoms with Crippen molar-refractivity contribution in [2.45, 2.75) is 26.7 Å². The monoisotopic (exact) mass is 180 g/mol. The molecule has 1 heterocycles. The lowest BCUT2D eigenvalue weighted by Crippen LogP contribution is -2.09. The van der Waals surface area contributed by atoms with Crippen molar-refractivity contribution >= 4 is 5.69 Å². The lowest BCUT2D eigenvalue weighted by molar-refractivity contribution is 0.863. The number of aryl methyl sites for hydroxylation is 2. The maximum Gasteiger partial charge on any atom is 0.277 e. The van der Waals surface area contributed by atoms with Crippen LogP contribution in [0, 0.1) is 11.8 Å². The first-order valence-electron chi connectivity index (χ1n) is 4.25. The van der Waals surface area contributed by atoms with Crippen LogP contribution in [0.5, 0.6) is 0 Å². The summed E-state index contributed by atoms with van der Waals surface area (Å²) in [4.78, 5) is 24.0. The van der Waals surface area contributed by atoms with Crippen molar-refractivity contribution < 1.29 is 0 Å². The van der Waals surface area contributed by atoms with E-state index in [0.717, 1.165) is 24.1 Å². The van der Waals surface area contributed by atoms with Crippen molar-refractivity contribution in [3.8, 4) is 0 Å². The quantitative estimate of drug-likeness (QED) is 0.723. The molecule has 1 aromatic heterocycles. The van der Waals surface area contributed by atoms with E-state index in [2.05, 4.69) is 10.2 Å². The highest BCUT2D eigenvalue weighted by atomic mass is 16.3. The number of nitroso groups, excluding NO2 is 1. The van der Waals surface area contributed by atoms with Crippen LogP contribution in [0.2, 0.25) is 0 Å². The Morgan fingerprint density at radius 1 is 1.54 bits per heavy atom. The Balaban J connectivity index is 3.20. The minimum Gasteiger partial charge on any atom is -0.324 e. The van der Waals surface area contributed by atoms with Crippen molar-refractivity contribution in [2.75, 3.05) is 0 Å². The van der Waals surface area contributed by atoms with Crippen LogP contribution >= 0.6 is 0 Å². The summed E-state index contributed by atoms with van der Waals surface area (Å²) in [5.74, 6) is 0. The largest absolute Gasteiger partial charge is 0.324 e. The standard InChI is InChI=1S/C9H12N2O2/c1-3-4-7-6(2)5-8(11-13)9(12)10-7/h5H,3-4H2,1-2H3,(H,10,12). The SMILES string of the molecule is CCCc1[nH]c(=O)c(N=O)cc1C. The topological polar surface area (TPSA) is 62.3 Å². The number of nitrogens with zero attached hydrogens (tertiary/aromatic N) is 1. The maximum absolute atomic E-state index is 11.1. The van der Waals surface area contributed by atoms with E-state index in [-0.39, 0.29) is 5.69 Å². The van der Waals surface area contributed by atoms with Gasteiger partial charge >= 0.3 is 0 Å². The predicted molar refractivity (Wildman–Crippen MR) is 51.2 cm³/mol. The van der Waals surface area contributed by atoms with Gasteiger partial charge in [-0.15, -0.1) is 4.91 Å². The van der Waals surface area contributed by atoms with Gasteiger partial charge in [0.2, 0.25) is 0 Å². The summed E-state index contributed by atoms with van der Waals surface area (Å²) >= 11 is 0. The van der Waals surface area contributed by atoms with Crippen molar-refractivity contribution in [3.63, 3.8) is 0 Å². The number of aromatic nitrogens is 1. The highest BCUT2D eigenvalue weighted by Crippen LogP contribution is 2.11. The second-order valence-corrected chi connectivity index (χ2v) is 2.99. The molecule has 0 saturated carbocycles. The Labute approximate surface area is 76.0 Å². The van der Waals surface area contributed by atoms with Crippen LogP contribution in [0.25, 0.3) is 0 Å². The van der Waals surface area contributed by atoms with Crippen LogP contribution in [-0.2, 0) is 6.42 Å². The number of hydrogen-bond donors (Lipinski definition) is 1. The third-order valence-corrected chi connectivity index (χ3v) is 1.92. The lowest BCUT2D eigenvalue weighted by atomic mass is 10.1. The summed E-state index contributed by atoms with van der Waals surface area (Å²) in [6.07, 6.45) is 1.78. The van der Waals surface area contributed by atoms with Gasteiger partial charge < -0.3 is 4.98 Å². The van der Waals surface area contributed by atoms with Crippen molar-refractivity contribution in [3.05, 3.63) is 32.6 Å². The Hall–Kier alpha value is -1.45. The van der Waals surface area contributed by atoms with Gasteiger partial charge in [-0.05, 0) is 30.2 Å². The van der Waals surface area contributed by atoms with Crippen LogP contribution < -0.4 is 5.56 Å². The fourth-order valence-electron chi connectivity index (χ4n) is 1.23. The molecule has 0 fully saturated rings. The van der Waals surface area contributed by atoms with Crippen molar-refractivity contribution in [2.24, 2.45) is 5.18 Å². The van der Waals surface area contributed by atoms with Crippen LogP contribution in [0.3, 0.4) is 0 Å². The van der Waals surface area contributed by atoms with Crippen molar-refractivity contribution in [1.82, 2.24) is 4.98 Å². The van der Waals surface area contributed by atoms with E-state index in [4.69, 9.17) is 0 Å². The van der Waals surface area contributed by atoms with Crippen molar-refractivity contribution in [1.29, 1.82) is 0 Å². The number of H-pyrrole nitrogens is 1. The van der Waals surface area contributed by atoms with Gasteiger partial charge in [0.1, 0.15) is 0 Å². The molecule has 0 bridgehead atoms. The van der Waals surface area contributed by atoms with E-state index in [9.17, 15) is 9.70 Å². The molecule has 1 N–H and O–H groups in total. The molecule has 0 radical (unpaired) electrons. The summed E-state index contributed by atoms with van der Waals surface area (Å²) in [5, 5.41) is 2.64. The summed E-state index contributed by atoms with van der Waals surface area (Å²) < 4.78 is 0. The molecule has 0 saturated heterocycles. The first kappa shape index (κ1) is 9.64. The Morgan fingerprint density at radius 3 is 2.77 bits per heavy atom. The van der Waals surface area contributed by atoms with Gasteiger partial charge in [-0.25, -0.2) is 0 Å². The van der Waals surface area contributed by atoms with Crippen LogP contribution in [0.4, 0.5) is 5.69 Å². The lowest BCUT2D eigenvalue weighted by Gasteiger charge is -2.02. The molecule has 1 rings (SSSR count). The first-order valence-corrected chi connectivity index (χ1v) is 4.25. The highest BCUT2D eigenvalue weighted by molar-refractivity contribution is 5.38. The summed E-state index contributed by atoms with van der Waals surface area (Å²) in [6, 6.07) is 1.52. The molecule has 0 aliphatic heterocycles. The van der Waals surface area contributed by atoms with Crippen LogP contribution in [0.1, 0.15) is 24.6 Å². The van der Waals surface area contributed by atoms with E-state index in [1.807, 2.05) is 13.8 Å². The molecule has 13 heavy (non-hydrogen) atoms. The number of rotatable bonds is 3. The maximum atomic E-state index is 11.1. The van der Waals surface area contributed by atoms with Crippen LogP contribution in [0.15, 0.2) is 16.0 Å². The molecule has 0 aliphatic rings. The average Bonchev–Trinajstić information content (AvgIpc) is 2.11. The minimum atomic E-state index is -0.399. The van der Waals surface area contributed by atoms with Gasteiger partial charge in [0.25, 0.3) is 5.56 Å². The Bertz CT molecular complexity index is 368.